The predicted octanol–water partition coefficient (Wildman–Crippen LogP) is 1.22. The lowest BCUT2D eigenvalue weighted by molar-refractivity contribution is -0.139. The SMILES string of the molecule is Cc1cc(OCC(=O)O)ccc1NC(=O)C(C)(C)S(C)(=O)=O. The van der Waals surface area contributed by atoms with Gasteiger partial charge in [-0.1, -0.05) is 0 Å². The zero-order chi connectivity index (χ0) is 17.1. The molecule has 0 bridgehead atoms. The second kappa shape index (κ2) is 6.35. The summed E-state index contributed by atoms with van der Waals surface area (Å²) < 4.78 is 26.7. The van der Waals surface area contributed by atoms with Gasteiger partial charge in [-0.15, -0.1) is 0 Å². The van der Waals surface area contributed by atoms with E-state index in [1.807, 2.05) is 0 Å². The maximum atomic E-state index is 12.1. The number of sulfone groups is 1. The summed E-state index contributed by atoms with van der Waals surface area (Å²) in [6, 6.07) is 4.59. The molecule has 0 saturated carbocycles. The molecule has 122 valence electrons. The summed E-state index contributed by atoms with van der Waals surface area (Å²) in [5, 5.41) is 11.1. The Bertz CT molecular complexity index is 693. The van der Waals surface area contributed by atoms with Crippen molar-refractivity contribution in [3.05, 3.63) is 23.8 Å². The van der Waals surface area contributed by atoms with Crippen LogP contribution in [0.2, 0.25) is 0 Å². The summed E-state index contributed by atoms with van der Waals surface area (Å²) in [5.74, 6) is -1.39. The van der Waals surface area contributed by atoms with E-state index in [2.05, 4.69) is 5.32 Å². The molecule has 0 fully saturated rings. The van der Waals surface area contributed by atoms with Crippen LogP contribution in [0.1, 0.15) is 19.4 Å². The van der Waals surface area contributed by atoms with Crippen molar-refractivity contribution in [2.45, 2.75) is 25.5 Å². The van der Waals surface area contributed by atoms with E-state index in [4.69, 9.17) is 9.84 Å². The highest BCUT2D eigenvalue weighted by Gasteiger charge is 2.38. The number of anilines is 1. The molecule has 1 aromatic carbocycles. The number of ether oxygens (including phenoxy) is 1. The van der Waals surface area contributed by atoms with Gasteiger partial charge in [0.2, 0.25) is 5.91 Å². The number of carboxylic acid groups (broad SMARTS) is 1. The first-order valence-electron chi connectivity index (χ1n) is 6.41. The minimum atomic E-state index is -3.56. The smallest absolute Gasteiger partial charge is 0.341 e. The average molecular weight is 329 g/mol. The molecule has 1 rings (SSSR count). The molecular weight excluding hydrogens is 310 g/mol. The topological polar surface area (TPSA) is 110 Å². The first-order valence-corrected chi connectivity index (χ1v) is 8.30. The Balaban J connectivity index is 2.91. The number of carbonyl (C=O) groups is 2. The fourth-order valence-corrected chi connectivity index (χ4v) is 1.84. The number of carboxylic acids is 1. The quantitative estimate of drug-likeness (QED) is 0.812. The van der Waals surface area contributed by atoms with Gasteiger partial charge in [-0.05, 0) is 44.5 Å². The molecule has 0 saturated heterocycles. The third-order valence-electron chi connectivity index (χ3n) is 3.28. The summed E-state index contributed by atoms with van der Waals surface area (Å²) in [5.41, 5.74) is 1.06. The van der Waals surface area contributed by atoms with Crippen LogP contribution in [0.15, 0.2) is 18.2 Å². The van der Waals surface area contributed by atoms with Gasteiger partial charge in [0, 0.05) is 11.9 Å². The van der Waals surface area contributed by atoms with Crippen molar-refractivity contribution in [1.82, 2.24) is 0 Å². The van der Waals surface area contributed by atoms with Gasteiger partial charge in [-0.2, -0.15) is 0 Å². The molecule has 1 aromatic rings. The molecule has 7 nitrogen and oxygen atoms in total. The number of rotatable bonds is 6. The Morgan fingerprint density at radius 2 is 1.91 bits per heavy atom. The van der Waals surface area contributed by atoms with Crippen molar-refractivity contribution in [3.63, 3.8) is 0 Å². The Labute approximate surface area is 129 Å². The highest BCUT2D eigenvalue weighted by Crippen LogP contribution is 2.24. The lowest BCUT2D eigenvalue weighted by atomic mass is 10.1. The number of hydrogen-bond acceptors (Lipinski definition) is 5. The largest absolute Gasteiger partial charge is 0.482 e. The van der Waals surface area contributed by atoms with Gasteiger partial charge in [0.05, 0.1) is 0 Å². The minimum absolute atomic E-state index is 0.347. The fraction of sp³-hybridized carbons (Fsp3) is 0.429. The van der Waals surface area contributed by atoms with Crippen LogP contribution in [-0.2, 0) is 19.4 Å². The molecule has 0 radical (unpaired) electrons. The van der Waals surface area contributed by atoms with Gasteiger partial charge < -0.3 is 15.2 Å². The van der Waals surface area contributed by atoms with Gasteiger partial charge in [0.15, 0.2) is 16.4 Å². The lowest BCUT2D eigenvalue weighted by Crippen LogP contribution is -2.43. The Hall–Kier alpha value is -2.09. The second-order valence-electron chi connectivity index (χ2n) is 5.40. The molecule has 0 aromatic heterocycles. The van der Waals surface area contributed by atoms with Crippen LogP contribution < -0.4 is 10.1 Å². The highest BCUT2D eigenvalue weighted by atomic mass is 32.2. The fourth-order valence-electron chi connectivity index (χ4n) is 1.45. The third-order valence-corrected chi connectivity index (χ3v) is 5.32. The van der Waals surface area contributed by atoms with Crippen LogP contribution in [0, 0.1) is 6.92 Å². The molecule has 0 atom stereocenters. The van der Waals surface area contributed by atoms with Gasteiger partial charge in [-0.25, -0.2) is 13.2 Å². The number of carbonyl (C=O) groups excluding carboxylic acids is 1. The second-order valence-corrected chi connectivity index (χ2v) is 7.96. The molecular formula is C14H19NO6S. The van der Waals surface area contributed by atoms with Gasteiger partial charge >= 0.3 is 5.97 Å². The van der Waals surface area contributed by atoms with E-state index in [0.717, 1.165) is 6.26 Å². The summed E-state index contributed by atoms with van der Waals surface area (Å²) in [4.78, 5) is 22.6. The first kappa shape index (κ1) is 18.0. The zero-order valence-corrected chi connectivity index (χ0v) is 13.7. The lowest BCUT2D eigenvalue weighted by Gasteiger charge is -2.22. The van der Waals surface area contributed by atoms with Crippen molar-refractivity contribution in [1.29, 1.82) is 0 Å². The maximum Gasteiger partial charge on any atom is 0.341 e. The minimum Gasteiger partial charge on any atom is -0.482 e. The van der Waals surface area contributed by atoms with E-state index in [-0.39, 0.29) is 0 Å². The van der Waals surface area contributed by atoms with E-state index in [1.54, 1.807) is 13.0 Å². The Morgan fingerprint density at radius 3 is 2.36 bits per heavy atom. The molecule has 1 amide bonds. The van der Waals surface area contributed by atoms with Crippen LogP contribution in [0.5, 0.6) is 5.75 Å². The number of benzene rings is 1. The van der Waals surface area contributed by atoms with E-state index in [1.165, 1.54) is 26.0 Å². The van der Waals surface area contributed by atoms with Gasteiger partial charge in [0.25, 0.3) is 0 Å². The molecule has 0 unspecified atom stereocenters. The number of aryl methyl sites for hydroxylation is 1. The van der Waals surface area contributed by atoms with E-state index in [9.17, 15) is 18.0 Å². The summed E-state index contributed by atoms with van der Waals surface area (Å²) in [7, 11) is -3.56. The van der Waals surface area contributed by atoms with Gasteiger partial charge in [0.1, 0.15) is 10.5 Å². The van der Waals surface area contributed by atoms with Crippen molar-refractivity contribution in [3.8, 4) is 5.75 Å². The highest BCUT2D eigenvalue weighted by molar-refractivity contribution is 7.92. The van der Waals surface area contributed by atoms with Gasteiger partial charge in [-0.3, -0.25) is 4.79 Å². The maximum absolute atomic E-state index is 12.1. The van der Waals surface area contributed by atoms with Crippen molar-refractivity contribution in [2.75, 3.05) is 18.2 Å². The molecule has 0 aliphatic rings. The van der Waals surface area contributed by atoms with Crippen molar-refractivity contribution >= 4 is 27.4 Å². The van der Waals surface area contributed by atoms with Crippen LogP contribution >= 0.6 is 0 Å². The molecule has 0 heterocycles. The number of amides is 1. The standard InChI is InChI=1S/C14H19NO6S/c1-9-7-10(21-8-12(16)17)5-6-11(9)15-13(18)14(2,3)22(4,19)20/h5-7H,8H2,1-4H3,(H,15,18)(H,16,17). The summed E-state index contributed by atoms with van der Waals surface area (Å²) in [6.45, 7) is 3.89. The number of nitrogens with one attached hydrogen (secondary N) is 1. The summed E-state index contributed by atoms with van der Waals surface area (Å²) >= 11 is 0. The first-order chi connectivity index (χ1) is 9.95. The molecule has 0 aliphatic heterocycles. The molecule has 22 heavy (non-hydrogen) atoms. The monoisotopic (exact) mass is 329 g/mol. The predicted molar refractivity (Wildman–Crippen MR) is 81.9 cm³/mol. The zero-order valence-electron chi connectivity index (χ0n) is 12.8. The third kappa shape index (κ3) is 4.20. The summed E-state index contributed by atoms with van der Waals surface area (Å²) in [6.07, 6.45) is 1.00. The van der Waals surface area contributed by atoms with E-state index >= 15 is 0 Å². The molecule has 0 aliphatic carbocycles. The molecule has 8 heteroatoms. The number of hydrogen-bond donors (Lipinski definition) is 2. The van der Waals surface area contributed by atoms with Crippen molar-refractivity contribution in [2.24, 2.45) is 0 Å². The van der Waals surface area contributed by atoms with Crippen molar-refractivity contribution < 1.29 is 27.9 Å². The number of aliphatic carboxylic acids is 1. The van der Waals surface area contributed by atoms with Crippen LogP contribution in [0.4, 0.5) is 5.69 Å². The molecule has 0 spiro atoms. The Morgan fingerprint density at radius 1 is 1.32 bits per heavy atom. The molecule has 2 N–H and O–H groups in total. The van der Waals surface area contributed by atoms with E-state index < -0.39 is 33.1 Å². The average Bonchev–Trinajstić information content (AvgIpc) is 2.37. The normalized spacial score (nSPS) is 11.8. The van der Waals surface area contributed by atoms with E-state index in [0.29, 0.717) is 17.0 Å². The van der Waals surface area contributed by atoms with Crippen LogP contribution in [0.25, 0.3) is 0 Å². The van der Waals surface area contributed by atoms with Crippen LogP contribution in [-0.4, -0.2) is 43.0 Å². The van der Waals surface area contributed by atoms with Crippen LogP contribution in [0.3, 0.4) is 0 Å². The Kier molecular flexibility index (Phi) is 5.18.